The third-order valence-corrected chi connectivity index (χ3v) is 5.53. The van der Waals surface area contributed by atoms with Crippen molar-refractivity contribution >= 4 is 22.4 Å². The highest BCUT2D eigenvalue weighted by Gasteiger charge is 2.55. The molecule has 5 rings (SSSR count). The van der Waals surface area contributed by atoms with Crippen LogP contribution >= 0.6 is 0 Å². The van der Waals surface area contributed by atoms with E-state index in [1.807, 2.05) is 49.4 Å². The number of hydrogen-bond acceptors (Lipinski definition) is 4. The summed E-state index contributed by atoms with van der Waals surface area (Å²) in [5.41, 5.74) is 2.76. The van der Waals surface area contributed by atoms with Crippen LogP contribution in [-0.2, 0) is 20.1 Å². The fourth-order valence-corrected chi connectivity index (χ4v) is 4.13. The van der Waals surface area contributed by atoms with Crippen molar-refractivity contribution in [2.45, 2.75) is 19.1 Å². The zero-order chi connectivity index (χ0) is 19.8. The molecule has 2 heterocycles. The largest absolute Gasteiger partial charge is 0.494 e. The van der Waals surface area contributed by atoms with Gasteiger partial charge in [0.2, 0.25) is 0 Å². The molecule has 2 aliphatic rings. The first-order chi connectivity index (χ1) is 14.2. The molecule has 29 heavy (non-hydrogen) atoms. The number of carbonyl (C=O) groups excluding carboxylic acids is 1. The van der Waals surface area contributed by atoms with Crippen molar-refractivity contribution in [3.63, 3.8) is 0 Å². The molecular weight excluding hydrogens is 366 g/mol. The van der Waals surface area contributed by atoms with Crippen LogP contribution in [0.25, 0.3) is 10.8 Å². The van der Waals surface area contributed by atoms with Crippen molar-refractivity contribution in [3.05, 3.63) is 71.8 Å². The first-order valence-electron chi connectivity index (χ1n) is 10.00. The van der Waals surface area contributed by atoms with Crippen molar-refractivity contribution in [2.24, 2.45) is 0 Å². The third kappa shape index (κ3) is 3.07. The van der Waals surface area contributed by atoms with Gasteiger partial charge in [0.05, 0.1) is 25.5 Å². The van der Waals surface area contributed by atoms with Crippen LogP contribution in [0.5, 0.6) is 5.75 Å². The monoisotopic (exact) mass is 389 g/mol. The number of fused-ring (bicyclic) bond motifs is 3. The molecule has 5 heteroatoms. The second-order valence-corrected chi connectivity index (χ2v) is 7.50. The van der Waals surface area contributed by atoms with Gasteiger partial charge in [0.15, 0.2) is 0 Å². The highest BCUT2D eigenvalue weighted by atomic mass is 16.7. The van der Waals surface area contributed by atoms with Crippen molar-refractivity contribution < 1.29 is 19.0 Å². The van der Waals surface area contributed by atoms with Crippen LogP contribution in [0, 0.1) is 6.92 Å². The predicted molar refractivity (Wildman–Crippen MR) is 111 cm³/mol. The fourth-order valence-electron chi connectivity index (χ4n) is 4.13. The summed E-state index contributed by atoms with van der Waals surface area (Å²) in [6.07, 6.45) is 0.710. The van der Waals surface area contributed by atoms with Gasteiger partial charge >= 0.3 is 0 Å². The topological polar surface area (TPSA) is 48.0 Å². The standard InChI is InChI=1S/C24H23NO4/c1-17-7-10-22-21(15-17)24(28-13-14-29-24)23(26)25(22)11-4-12-27-20-9-8-18-5-2-3-6-19(18)16-20/h2-3,5-10,15-16H,4,11-14H2,1H3. The average Bonchev–Trinajstić information content (AvgIpc) is 3.32. The Kier molecular flexibility index (Phi) is 4.49. The van der Waals surface area contributed by atoms with E-state index >= 15 is 0 Å². The lowest BCUT2D eigenvalue weighted by Gasteiger charge is -2.22. The zero-order valence-electron chi connectivity index (χ0n) is 16.4. The van der Waals surface area contributed by atoms with Crippen LogP contribution in [0.1, 0.15) is 17.5 Å². The minimum atomic E-state index is -1.26. The Balaban J connectivity index is 1.27. The van der Waals surface area contributed by atoms with Crippen LogP contribution < -0.4 is 9.64 Å². The van der Waals surface area contributed by atoms with Gasteiger partial charge in [0.1, 0.15) is 5.75 Å². The number of nitrogens with zero attached hydrogens (tertiary/aromatic N) is 1. The number of carbonyl (C=O) groups is 1. The van der Waals surface area contributed by atoms with Crippen molar-refractivity contribution in [1.29, 1.82) is 0 Å². The van der Waals surface area contributed by atoms with E-state index in [1.165, 1.54) is 5.39 Å². The molecule has 1 amide bonds. The second-order valence-electron chi connectivity index (χ2n) is 7.50. The Morgan fingerprint density at radius 1 is 1.00 bits per heavy atom. The SMILES string of the molecule is Cc1ccc2c(c1)C1(OCCO1)C(=O)N2CCCOc1ccc2ccccc2c1. The lowest BCUT2D eigenvalue weighted by Crippen LogP contribution is -2.41. The highest BCUT2D eigenvalue weighted by molar-refractivity contribution is 6.06. The highest BCUT2D eigenvalue weighted by Crippen LogP contribution is 2.46. The van der Waals surface area contributed by atoms with Gasteiger partial charge in [-0.2, -0.15) is 0 Å². The maximum atomic E-state index is 13.1. The first-order valence-corrected chi connectivity index (χ1v) is 10.00. The van der Waals surface area contributed by atoms with Gasteiger partial charge in [-0.3, -0.25) is 4.79 Å². The Bertz CT molecular complexity index is 1070. The molecular formula is C24H23NO4. The van der Waals surface area contributed by atoms with E-state index in [4.69, 9.17) is 14.2 Å². The molecule has 0 aromatic heterocycles. The molecule has 0 aliphatic carbocycles. The number of aryl methyl sites for hydroxylation is 1. The normalized spacial score (nSPS) is 17.3. The van der Waals surface area contributed by atoms with E-state index in [1.54, 1.807) is 4.90 Å². The van der Waals surface area contributed by atoms with Gasteiger partial charge in [0.25, 0.3) is 11.7 Å². The van der Waals surface area contributed by atoms with Gasteiger partial charge < -0.3 is 19.1 Å². The summed E-state index contributed by atoms with van der Waals surface area (Å²) in [5.74, 6) is -0.562. The molecule has 2 aliphatic heterocycles. The quantitative estimate of drug-likeness (QED) is 0.615. The van der Waals surface area contributed by atoms with Crippen LogP contribution in [0.3, 0.4) is 0 Å². The Morgan fingerprint density at radius 2 is 1.79 bits per heavy atom. The molecule has 3 aromatic rings. The first kappa shape index (κ1) is 18.2. The van der Waals surface area contributed by atoms with E-state index in [0.29, 0.717) is 32.8 Å². The summed E-state index contributed by atoms with van der Waals surface area (Å²) >= 11 is 0. The van der Waals surface area contributed by atoms with Gasteiger partial charge in [-0.05, 0) is 48.4 Å². The summed E-state index contributed by atoms with van der Waals surface area (Å²) < 4.78 is 17.5. The Morgan fingerprint density at radius 3 is 2.62 bits per heavy atom. The van der Waals surface area contributed by atoms with Crippen molar-refractivity contribution in [3.8, 4) is 5.75 Å². The van der Waals surface area contributed by atoms with Crippen LogP contribution in [0.2, 0.25) is 0 Å². The van der Waals surface area contributed by atoms with E-state index in [9.17, 15) is 4.79 Å². The molecule has 0 atom stereocenters. The average molecular weight is 389 g/mol. The Labute approximate surface area is 169 Å². The fraction of sp³-hybridized carbons (Fsp3) is 0.292. The van der Waals surface area contributed by atoms with Gasteiger partial charge in [-0.15, -0.1) is 0 Å². The maximum absolute atomic E-state index is 13.1. The van der Waals surface area contributed by atoms with E-state index in [-0.39, 0.29) is 5.91 Å². The smallest absolute Gasteiger partial charge is 0.292 e. The lowest BCUT2D eigenvalue weighted by molar-refractivity contribution is -0.180. The van der Waals surface area contributed by atoms with Crippen LogP contribution in [0.4, 0.5) is 5.69 Å². The van der Waals surface area contributed by atoms with Gasteiger partial charge in [0, 0.05) is 12.1 Å². The molecule has 1 spiro atoms. The lowest BCUT2D eigenvalue weighted by atomic mass is 10.0. The molecule has 5 nitrogen and oxygen atoms in total. The number of hydrogen-bond donors (Lipinski definition) is 0. The minimum Gasteiger partial charge on any atom is -0.494 e. The van der Waals surface area contributed by atoms with Crippen molar-refractivity contribution in [2.75, 3.05) is 31.3 Å². The number of amides is 1. The number of ether oxygens (including phenoxy) is 3. The summed E-state index contributed by atoms with van der Waals surface area (Å²) in [6, 6.07) is 20.3. The number of rotatable bonds is 5. The molecule has 0 N–H and O–H groups in total. The molecule has 1 saturated heterocycles. The second kappa shape index (κ2) is 7.17. The van der Waals surface area contributed by atoms with Gasteiger partial charge in [-0.1, -0.05) is 42.0 Å². The number of anilines is 1. The van der Waals surface area contributed by atoms with Crippen molar-refractivity contribution in [1.82, 2.24) is 0 Å². The number of benzene rings is 3. The summed E-state index contributed by atoms with van der Waals surface area (Å²) in [7, 11) is 0. The molecule has 0 unspecified atom stereocenters. The summed E-state index contributed by atoms with van der Waals surface area (Å²) in [5, 5.41) is 2.35. The molecule has 0 saturated carbocycles. The predicted octanol–water partition coefficient (Wildman–Crippen LogP) is 4.16. The van der Waals surface area contributed by atoms with Crippen LogP contribution in [0.15, 0.2) is 60.7 Å². The zero-order valence-corrected chi connectivity index (χ0v) is 16.4. The summed E-state index contributed by atoms with van der Waals surface area (Å²) in [4.78, 5) is 14.9. The Hall–Kier alpha value is -2.89. The molecule has 1 fully saturated rings. The molecule has 0 bridgehead atoms. The maximum Gasteiger partial charge on any atom is 0.292 e. The molecule has 148 valence electrons. The van der Waals surface area contributed by atoms with E-state index < -0.39 is 5.79 Å². The minimum absolute atomic E-state index is 0.138. The summed E-state index contributed by atoms with van der Waals surface area (Å²) in [6.45, 7) is 3.94. The van der Waals surface area contributed by atoms with Gasteiger partial charge in [-0.25, -0.2) is 0 Å². The third-order valence-electron chi connectivity index (χ3n) is 5.53. The van der Waals surface area contributed by atoms with E-state index in [0.717, 1.165) is 28.0 Å². The molecule has 3 aromatic carbocycles. The molecule has 0 radical (unpaired) electrons. The van der Waals surface area contributed by atoms with E-state index in [2.05, 4.69) is 18.2 Å². The van der Waals surface area contributed by atoms with Crippen LogP contribution in [-0.4, -0.2) is 32.3 Å².